The number of urea groups is 1. The SMILES string of the molecule is N#Cc1ccc(NC(=O)NC2C3CC4CC(C3)CC2C4)cc1. The summed E-state index contributed by atoms with van der Waals surface area (Å²) in [5.41, 5.74) is 1.34. The normalized spacial score (nSPS) is 35.0. The van der Waals surface area contributed by atoms with E-state index in [-0.39, 0.29) is 6.03 Å². The van der Waals surface area contributed by atoms with Crippen LogP contribution in [0.1, 0.15) is 37.7 Å². The van der Waals surface area contributed by atoms with E-state index in [2.05, 4.69) is 16.7 Å². The molecule has 1 aromatic rings. The summed E-state index contributed by atoms with van der Waals surface area (Å²) in [7, 11) is 0. The standard InChI is InChI=1S/C18H21N3O/c19-10-11-1-3-16(4-2-11)20-18(22)21-17-14-6-12-5-13(8-14)9-15(17)7-12/h1-4,12-15,17H,5-9H2,(H2,20,21,22). The number of nitrogens with one attached hydrogen (secondary N) is 2. The van der Waals surface area contributed by atoms with Gasteiger partial charge in [0.25, 0.3) is 0 Å². The molecule has 114 valence electrons. The molecule has 4 bridgehead atoms. The molecule has 0 saturated heterocycles. The number of rotatable bonds is 2. The molecule has 0 heterocycles. The Labute approximate surface area is 130 Å². The lowest BCUT2D eigenvalue weighted by Gasteiger charge is -2.54. The van der Waals surface area contributed by atoms with Crippen molar-refractivity contribution in [1.29, 1.82) is 5.26 Å². The van der Waals surface area contributed by atoms with E-state index in [0.29, 0.717) is 23.4 Å². The van der Waals surface area contributed by atoms with Crippen molar-refractivity contribution in [3.63, 3.8) is 0 Å². The molecule has 0 aliphatic heterocycles. The molecular formula is C18H21N3O. The van der Waals surface area contributed by atoms with Crippen LogP contribution in [0.4, 0.5) is 10.5 Å². The third-order valence-corrected chi connectivity index (χ3v) is 5.80. The van der Waals surface area contributed by atoms with E-state index in [1.54, 1.807) is 24.3 Å². The Morgan fingerprint density at radius 3 is 2.14 bits per heavy atom. The quantitative estimate of drug-likeness (QED) is 0.877. The summed E-state index contributed by atoms with van der Waals surface area (Å²) in [5.74, 6) is 3.20. The van der Waals surface area contributed by atoms with E-state index < -0.39 is 0 Å². The summed E-state index contributed by atoms with van der Waals surface area (Å²) in [5, 5.41) is 14.9. The fourth-order valence-electron chi connectivity index (χ4n) is 5.11. The molecule has 0 spiro atoms. The first kappa shape index (κ1) is 13.6. The summed E-state index contributed by atoms with van der Waals surface area (Å²) >= 11 is 0. The van der Waals surface area contributed by atoms with Gasteiger partial charge in [0.05, 0.1) is 11.6 Å². The molecule has 4 fully saturated rings. The van der Waals surface area contributed by atoms with Gasteiger partial charge in [0.2, 0.25) is 0 Å². The number of nitriles is 1. The van der Waals surface area contributed by atoms with Crippen LogP contribution < -0.4 is 10.6 Å². The predicted molar refractivity (Wildman–Crippen MR) is 84.1 cm³/mol. The Bertz CT molecular complexity index is 588. The highest BCUT2D eigenvalue weighted by Crippen LogP contribution is 2.53. The maximum Gasteiger partial charge on any atom is 0.319 e. The van der Waals surface area contributed by atoms with Gasteiger partial charge in [0.15, 0.2) is 0 Å². The van der Waals surface area contributed by atoms with Crippen LogP contribution in [0, 0.1) is 35.0 Å². The number of anilines is 1. The summed E-state index contributed by atoms with van der Waals surface area (Å²) in [4.78, 5) is 12.3. The molecule has 0 atom stereocenters. The molecule has 0 aromatic heterocycles. The van der Waals surface area contributed by atoms with E-state index in [9.17, 15) is 4.79 Å². The maximum atomic E-state index is 12.3. The topological polar surface area (TPSA) is 64.9 Å². The minimum absolute atomic E-state index is 0.109. The molecule has 1 aromatic carbocycles. The Morgan fingerprint density at radius 2 is 1.59 bits per heavy atom. The van der Waals surface area contributed by atoms with Crippen LogP contribution in [-0.4, -0.2) is 12.1 Å². The van der Waals surface area contributed by atoms with Crippen molar-refractivity contribution in [2.45, 2.75) is 38.1 Å². The zero-order chi connectivity index (χ0) is 15.1. The van der Waals surface area contributed by atoms with Crippen LogP contribution in [0.5, 0.6) is 0 Å². The lowest BCUT2D eigenvalue weighted by Crippen LogP contribution is -2.56. The van der Waals surface area contributed by atoms with E-state index in [1.807, 2.05) is 0 Å². The van der Waals surface area contributed by atoms with Crippen molar-refractivity contribution in [3.8, 4) is 6.07 Å². The van der Waals surface area contributed by atoms with Crippen LogP contribution in [0.3, 0.4) is 0 Å². The number of carbonyl (C=O) groups is 1. The van der Waals surface area contributed by atoms with Gasteiger partial charge in [-0.3, -0.25) is 0 Å². The molecule has 4 heteroatoms. The summed E-state index contributed by atoms with van der Waals surface area (Å²) in [6, 6.07) is 9.31. The summed E-state index contributed by atoms with van der Waals surface area (Å²) in [6.07, 6.45) is 6.63. The number of benzene rings is 1. The highest BCUT2D eigenvalue weighted by molar-refractivity contribution is 5.89. The second-order valence-electron chi connectivity index (χ2n) is 7.24. The van der Waals surface area contributed by atoms with Gasteiger partial charge in [0, 0.05) is 11.7 Å². The Morgan fingerprint density at radius 1 is 1.00 bits per heavy atom. The van der Waals surface area contributed by atoms with Crippen molar-refractivity contribution in [3.05, 3.63) is 29.8 Å². The van der Waals surface area contributed by atoms with Crippen LogP contribution in [0.15, 0.2) is 24.3 Å². The van der Waals surface area contributed by atoms with Crippen molar-refractivity contribution < 1.29 is 4.79 Å². The molecule has 0 radical (unpaired) electrons. The van der Waals surface area contributed by atoms with Gasteiger partial charge in [-0.1, -0.05) is 0 Å². The van der Waals surface area contributed by atoms with E-state index in [4.69, 9.17) is 5.26 Å². The van der Waals surface area contributed by atoms with Crippen molar-refractivity contribution >= 4 is 11.7 Å². The second-order valence-corrected chi connectivity index (χ2v) is 7.24. The van der Waals surface area contributed by atoms with Crippen molar-refractivity contribution in [1.82, 2.24) is 5.32 Å². The van der Waals surface area contributed by atoms with Gasteiger partial charge in [-0.2, -0.15) is 5.26 Å². The minimum atomic E-state index is -0.109. The third kappa shape index (κ3) is 2.45. The highest BCUT2D eigenvalue weighted by atomic mass is 16.2. The molecule has 4 aliphatic rings. The zero-order valence-corrected chi connectivity index (χ0v) is 12.6. The third-order valence-electron chi connectivity index (χ3n) is 5.80. The molecule has 4 aliphatic carbocycles. The molecule has 0 unspecified atom stereocenters. The lowest BCUT2D eigenvalue weighted by atomic mass is 9.54. The first-order chi connectivity index (χ1) is 10.7. The number of amides is 2. The molecule has 22 heavy (non-hydrogen) atoms. The fourth-order valence-corrected chi connectivity index (χ4v) is 5.11. The van der Waals surface area contributed by atoms with Gasteiger partial charge in [-0.15, -0.1) is 0 Å². The number of carbonyl (C=O) groups excluding carboxylic acids is 1. The maximum absolute atomic E-state index is 12.3. The van der Waals surface area contributed by atoms with E-state index >= 15 is 0 Å². The van der Waals surface area contributed by atoms with Gasteiger partial charge >= 0.3 is 6.03 Å². The monoisotopic (exact) mass is 295 g/mol. The zero-order valence-electron chi connectivity index (χ0n) is 12.6. The Balaban J connectivity index is 1.38. The average Bonchev–Trinajstić information content (AvgIpc) is 2.51. The molecule has 2 amide bonds. The van der Waals surface area contributed by atoms with Crippen LogP contribution in [0.2, 0.25) is 0 Å². The largest absolute Gasteiger partial charge is 0.335 e. The Hall–Kier alpha value is -2.02. The lowest BCUT2D eigenvalue weighted by molar-refractivity contribution is -0.00883. The minimum Gasteiger partial charge on any atom is -0.335 e. The van der Waals surface area contributed by atoms with Crippen molar-refractivity contribution in [2.24, 2.45) is 23.7 Å². The Kier molecular flexibility index (Phi) is 3.29. The van der Waals surface area contributed by atoms with Gasteiger partial charge in [-0.25, -0.2) is 4.79 Å². The second kappa shape index (κ2) is 5.31. The van der Waals surface area contributed by atoms with E-state index in [0.717, 1.165) is 17.5 Å². The number of nitrogens with zero attached hydrogens (tertiary/aromatic N) is 1. The van der Waals surface area contributed by atoms with Crippen LogP contribution in [0.25, 0.3) is 0 Å². The number of hydrogen-bond donors (Lipinski definition) is 2. The predicted octanol–water partition coefficient (Wildman–Crippen LogP) is 3.50. The molecule has 2 N–H and O–H groups in total. The van der Waals surface area contributed by atoms with Crippen LogP contribution >= 0.6 is 0 Å². The molecular weight excluding hydrogens is 274 g/mol. The molecule has 4 nitrogen and oxygen atoms in total. The molecule has 4 saturated carbocycles. The fraction of sp³-hybridized carbons (Fsp3) is 0.556. The number of hydrogen-bond acceptors (Lipinski definition) is 2. The van der Waals surface area contributed by atoms with E-state index in [1.165, 1.54) is 32.1 Å². The first-order valence-corrected chi connectivity index (χ1v) is 8.29. The smallest absolute Gasteiger partial charge is 0.319 e. The summed E-state index contributed by atoms with van der Waals surface area (Å²) in [6.45, 7) is 0. The van der Waals surface area contributed by atoms with Gasteiger partial charge in [-0.05, 0) is 80.0 Å². The highest BCUT2D eigenvalue weighted by Gasteiger charge is 2.48. The average molecular weight is 295 g/mol. The van der Waals surface area contributed by atoms with Gasteiger partial charge < -0.3 is 10.6 Å². The summed E-state index contributed by atoms with van der Waals surface area (Å²) < 4.78 is 0. The van der Waals surface area contributed by atoms with Gasteiger partial charge in [0.1, 0.15) is 0 Å². The van der Waals surface area contributed by atoms with Crippen LogP contribution in [-0.2, 0) is 0 Å². The molecule has 5 rings (SSSR count). The first-order valence-electron chi connectivity index (χ1n) is 8.29. The van der Waals surface area contributed by atoms with Crippen molar-refractivity contribution in [2.75, 3.05) is 5.32 Å².